The van der Waals surface area contributed by atoms with Crippen molar-refractivity contribution in [1.82, 2.24) is 4.98 Å². The number of para-hydroxylation sites is 2. The molecule has 0 aliphatic carbocycles. The first kappa shape index (κ1) is 42.3. The van der Waals surface area contributed by atoms with Crippen molar-refractivity contribution in [3.8, 4) is 22.4 Å². The van der Waals surface area contributed by atoms with Crippen LogP contribution >= 0.6 is 0 Å². The van der Waals surface area contributed by atoms with Crippen molar-refractivity contribution < 1.29 is 24.5 Å². The molecule has 3 nitrogen and oxygen atoms in total. The van der Waals surface area contributed by atoms with Gasteiger partial charge >= 0.3 is 126 Å². The van der Waals surface area contributed by atoms with Gasteiger partial charge in [0.25, 0.3) is 0 Å². The number of hydrogen-bond acceptors (Lipinski definition) is 3. The Morgan fingerprint density at radius 2 is 1.47 bits per heavy atom. The van der Waals surface area contributed by atoms with Gasteiger partial charge in [-0.2, -0.15) is 0 Å². The summed E-state index contributed by atoms with van der Waals surface area (Å²) in [5, 5.41) is 2.21. The fourth-order valence-corrected chi connectivity index (χ4v) is 11.8. The van der Waals surface area contributed by atoms with E-state index >= 15 is 0 Å². The Morgan fingerprint density at radius 3 is 2.20 bits per heavy atom. The average molecular weight is 1010 g/mol. The Kier molecular flexibility index (Phi) is 12.5. The molecule has 1 atom stereocenters. The van der Waals surface area contributed by atoms with Gasteiger partial charge in [0.1, 0.15) is 5.58 Å². The van der Waals surface area contributed by atoms with Gasteiger partial charge in [-0.15, -0.1) is 18.2 Å². The predicted octanol–water partition coefficient (Wildman–Crippen LogP) is 13.9. The van der Waals surface area contributed by atoms with Crippen LogP contribution in [0.15, 0.2) is 155 Å². The van der Waals surface area contributed by atoms with Crippen LogP contribution in [-0.2, 0) is 31.9 Å². The van der Waals surface area contributed by atoms with Crippen LogP contribution in [0.2, 0.25) is 17.3 Å². The Bertz CT molecular complexity index is 2750. The quantitative estimate of drug-likeness (QED) is 0.118. The Balaban J connectivity index is 0.000000214. The second-order valence-electron chi connectivity index (χ2n) is 17.9. The van der Waals surface area contributed by atoms with Crippen molar-refractivity contribution in [3.05, 3.63) is 186 Å². The molecule has 0 amide bonds. The molecule has 59 heavy (non-hydrogen) atoms. The molecule has 8 aromatic rings. The molecule has 0 bridgehead atoms. The molecule has 0 N–H and O–H groups in total. The number of pyridine rings is 1. The minimum atomic E-state index is -1.86. The molecule has 5 heteroatoms. The molecule has 1 aliphatic rings. The third-order valence-electron chi connectivity index (χ3n) is 11.1. The Hall–Kier alpha value is -4.87. The van der Waals surface area contributed by atoms with Gasteiger partial charge in [0.2, 0.25) is 0 Å². The zero-order valence-electron chi connectivity index (χ0n) is 35.4. The fourth-order valence-electron chi connectivity index (χ4n) is 8.43. The number of aliphatic imine (C=N–C) groups is 1. The van der Waals surface area contributed by atoms with Gasteiger partial charge in [-0.25, -0.2) is 0 Å². The summed E-state index contributed by atoms with van der Waals surface area (Å²) in [7, 11) is 0. The summed E-state index contributed by atoms with van der Waals surface area (Å²) < 4.78 is 8.02. The van der Waals surface area contributed by atoms with Gasteiger partial charge in [-0.3, -0.25) is 4.99 Å². The number of hydrogen-bond donors (Lipinski definition) is 0. The number of nitrogens with zero attached hydrogens (tertiary/aromatic N) is 2. The minimum absolute atomic E-state index is 0. The summed E-state index contributed by atoms with van der Waals surface area (Å²) in [6.45, 7) is 11.5. The maximum atomic E-state index is 6.48. The van der Waals surface area contributed by atoms with Crippen molar-refractivity contribution >= 4 is 51.0 Å². The first-order valence-electron chi connectivity index (χ1n) is 20.5. The molecular weight excluding hydrogens is 957 g/mol. The summed E-state index contributed by atoms with van der Waals surface area (Å²) in [6, 6.07) is 55.5. The van der Waals surface area contributed by atoms with E-state index in [1.54, 1.807) is 4.40 Å². The number of furan rings is 1. The van der Waals surface area contributed by atoms with Crippen LogP contribution in [0.1, 0.15) is 68.4 Å². The molecule has 299 valence electrons. The largest absolute Gasteiger partial charge is 0 e. The molecule has 2 aromatic heterocycles. The van der Waals surface area contributed by atoms with Crippen LogP contribution in [0.3, 0.4) is 0 Å². The van der Waals surface area contributed by atoms with Gasteiger partial charge in [-0.05, 0) is 51.1 Å². The summed E-state index contributed by atoms with van der Waals surface area (Å²) >= 11 is -1.86. The van der Waals surface area contributed by atoms with Crippen LogP contribution < -0.4 is 4.40 Å². The van der Waals surface area contributed by atoms with Crippen molar-refractivity contribution in [2.75, 3.05) is 0 Å². The van der Waals surface area contributed by atoms with Crippen molar-refractivity contribution in [2.24, 2.45) is 10.9 Å². The summed E-state index contributed by atoms with van der Waals surface area (Å²) in [6.07, 6.45) is 3.27. The fraction of sp³-hybridized carbons (Fsp3) is 0.222. The van der Waals surface area contributed by atoms with Crippen LogP contribution in [0.5, 0.6) is 0 Å². The number of aromatic nitrogens is 1. The van der Waals surface area contributed by atoms with E-state index in [1.807, 2.05) is 36.4 Å². The van der Waals surface area contributed by atoms with E-state index in [4.69, 9.17) is 14.4 Å². The first-order chi connectivity index (χ1) is 27.9. The van der Waals surface area contributed by atoms with Gasteiger partial charge in [0, 0.05) is 31.4 Å². The van der Waals surface area contributed by atoms with E-state index in [-0.39, 0.29) is 31.4 Å². The second-order valence-corrected chi connectivity index (χ2v) is 28.5. The topological polar surface area (TPSA) is 38.4 Å². The van der Waals surface area contributed by atoms with Crippen LogP contribution in [-0.4, -0.2) is 24.0 Å². The van der Waals surface area contributed by atoms with Gasteiger partial charge in [-0.1, -0.05) is 117 Å². The molecule has 0 saturated heterocycles. The SMILES string of the molecule is CC(C)(C)c1cccc(-c2ccccc2)c1C1C(c2[c-]ccc3c2oc2ccccc23)=Nc2ccccc21.CC(C)Cc1cc(-c2[c-]cccc2)nc[c]1[Ge]([CH3])([CH3])[CH3].[Ir]. The van der Waals surface area contributed by atoms with Gasteiger partial charge < -0.3 is 4.42 Å². The zero-order valence-corrected chi connectivity index (χ0v) is 39.8. The third kappa shape index (κ3) is 8.73. The first-order valence-corrected chi connectivity index (χ1v) is 27.9. The molecule has 1 unspecified atom stereocenters. The van der Waals surface area contributed by atoms with Crippen molar-refractivity contribution in [2.45, 2.75) is 69.6 Å². The van der Waals surface area contributed by atoms with E-state index in [1.165, 1.54) is 33.4 Å². The minimum Gasteiger partial charge on any atom is 0 e. The van der Waals surface area contributed by atoms with Crippen molar-refractivity contribution in [3.63, 3.8) is 0 Å². The second kappa shape index (κ2) is 17.4. The molecule has 1 radical (unpaired) electrons. The predicted molar refractivity (Wildman–Crippen MR) is 248 cm³/mol. The van der Waals surface area contributed by atoms with E-state index in [0.717, 1.165) is 56.6 Å². The molecule has 0 fully saturated rings. The number of fused-ring (bicyclic) bond motifs is 4. The normalized spacial score (nSPS) is 13.8. The summed E-state index contributed by atoms with van der Waals surface area (Å²) in [5.74, 6) is 7.94. The standard InChI is InChI=1S/C36H28NO.C18H24GeN.Ir/c1-36(2,3)29-20-12-17-24(23-13-5-4-6-14-23)32(29)33-27-16-7-9-21-30(27)37-34(33)28-19-11-18-26-25-15-8-10-22-31(25)38-35(26)28;1-14(2)11-16-12-18(15-9-7-6-8-10-15)20-13-17(16)19(3,4)5;/h4-18,20-22,33H,1-3H3;6-9,12-14H,11H2,1-5H3;/q2*-1;. The van der Waals surface area contributed by atoms with E-state index in [2.05, 4.69) is 173 Å². The molecule has 1 aliphatic heterocycles. The smallest absolute Gasteiger partial charge is 0 e. The molecule has 6 aromatic carbocycles. The van der Waals surface area contributed by atoms with E-state index < -0.39 is 13.3 Å². The summed E-state index contributed by atoms with van der Waals surface area (Å²) in [4.78, 5) is 9.98. The summed E-state index contributed by atoms with van der Waals surface area (Å²) in [5.41, 5.74) is 14.5. The van der Waals surface area contributed by atoms with Crippen LogP contribution in [0.25, 0.3) is 44.3 Å². The monoisotopic (exact) mass is 1010 g/mol. The van der Waals surface area contributed by atoms with E-state index in [9.17, 15) is 0 Å². The molecule has 3 heterocycles. The zero-order chi connectivity index (χ0) is 40.6. The number of benzene rings is 6. The Morgan fingerprint density at radius 1 is 0.746 bits per heavy atom. The molecule has 0 saturated carbocycles. The van der Waals surface area contributed by atoms with Gasteiger partial charge in [0.05, 0.1) is 11.3 Å². The number of rotatable bonds is 7. The molecule has 9 rings (SSSR count). The third-order valence-corrected chi connectivity index (χ3v) is 15.4. The van der Waals surface area contributed by atoms with Crippen LogP contribution in [0.4, 0.5) is 5.69 Å². The van der Waals surface area contributed by atoms with Crippen molar-refractivity contribution in [1.29, 1.82) is 0 Å². The Labute approximate surface area is 366 Å². The average Bonchev–Trinajstić information content (AvgIpc) is 3.79. The van der Waals surface area contributed by atoms with E-state index in [0.29, 0.717) is 5.92 Å². The van der Waals surface area contributed by atoms with Gasteiger partial charge in [0.15, 0.2) is 0 Å². The maximum Gasteiger partial charge on any atom is 0 e. The van der Waals surface area contributed by atoms with Crippen LogP contribution in [0, 0.1) is 18.1 Å². The molecular formula is C54H52GeIrN2O-2. The molecule has 0 spiro atoms. The maximum absolute atomic E-state index is 6.48.